The average Bonchev–Trinajstić information content (AvgIpc) is 3.09. The molecule has 26 heavy (non-hydrogen) atoms. The fraction of sp³-hybridized carbons (Fsp3) is 0.211. The third-order valence-electron chi connectivity index (χ3n) is 4.17. The highest BCUT2D eigenvalue weighted by Crippen LogP contribution is 2.29. The van der Waals surface area contributed by atoms with Gasteiger partial charge in [-0.15, -0.1) is 12.4 Å². The van der Waals surface area contributed by atoms with E-state index in [0.29, 0.717) is 17.9 Å². The Bertz CT molecular complexity index is 984. The number of ether oxygens (including phenoxy) is 1. The molecule has 3 rings (SSSR count). The summed E-state index contributed by atoms with van der Waals surface area (Å²) < 4.78 is 32.9. The van der Waals surface area contributed by atoms with Crippen LogP contribution >= 0.6 is 12.4 Å². The van der Waals surface area contributed by atoms with Crippen LogP contribution in [0, 0.1) is 11.3 Å². The summed E-state index contributed by atoms with van der Waals surface area (Å²) in [5.74, 6) is 0.671. The number of hydrogen-bond donors (Lipinski definition) is 1. The van der Waals surface area contributed by atoms with Gasteiger partial charge in [0.1, 0.15) is 5.75 Å². The van der Waals surface area contributed by atoms with Crippen LogP contribution in [0.2, 0.25) is 0 Å². The molecule has 1 atom stereocenters. The quantitative estimate of drug-likeness (QED) is 0.607. The molecule has 1 heterocycles. The maximum Gasteiger partial charge on any atom is 0.268 e. The van der Waals surface area contributed by atoms with E-state index < -0.39 is 10.0 Å². The van der Waals surface area contributed by atoms with Crippen LogP contribution in [0.5, 0.6) is 5.75 Å². The van der Waals surface area contributed by atoms with E-state index in [0.717, 1.165) is 11.8 Å². The average molecular weight is 393 g/mol. The standard InChI is InChI=1S/C19H20N2O3S.ClH/c1-2-15(13-20)14-24-19-10-6-9-18-17(19)11-12-21(18)25(22,23)16-7-4-3-5-8-16;/h3-13,15,20H,2,14H2,1H3;1H/t15-;/m0./s1. The molecule has 0 saturated carbocycles. The van der Waals surface area contributed by atoms with Crippen LogP contribution in [-0.4, -0.2) is 25.2 Å². The molecule has 0 spiro atoms. The molecule has 0 radical (unpaired) electrons. The Labute approximate surface area is 159 Å². The van der Waals surface area contributed by atoms with E-state index in [1.165, 1.54) is 10.2 Å². The second-order valence-corrected chi connectivity index (χ2v) is 7.58. The predicted octanol–water partition coefficient (Wildman–Crippen LogP) is 4.35. The molecule has 0 unspecified atom stereocenters. The van der Waals surface area contributed by atoms with Crippen molar-refractivity contribution in [3.63, 3.8) is 0 Å². The van der Waals surface area contributed by atoms with Gasteiger partial charge in [0, 0.05) is 23.7 Å². The van der Waals surface area contributed by atoms with Crippen molar-refractivity contribution in [1.29, 1.82) is 5.41 Å². The fourth-order valence-electron chi connectivity index (χ4n) is 2.64. The Balaban J connectivity index is 0.00000243. The van der Waals surface area contributed by atoms with Crippen molar-refractivity contribution < 1.29 is 13.2 Å². The lowest BCUT2D eigenvalue weighted by molar-refractivity contribution is 0.286. The number of fused-ring (bicyclic) bond motifs is 1. The third kappa shape index (κ3) is 3.76. The molecule has 0 aliphatic carbocycles. The molecule has 3 aromatic rings. The molecule has 0 fully saturated rings. The van der Waals surface area contributed by atoms with Crippen LogP contribution in [0.3, 0.4) is 0 Å². The SMILES string of the molecule is CC[C@@H](C=N)COc1cccc2c1ccn2S(=O)(=O)c1ccccc1.Cl. The number of halogens is 1. The maximum absolute atomic E-state index is 12.9. The number of hydrogen-bond acceptors (Lipinski definition) is 4. The molecule has 5 nitrogen and oxygen atoms in total. The zero-order valence-corrected chi connectivity index (χ0v) is 16.0. The normalized spacial score (nSPS) is 12.3. The summed E-state index contributed by atoms with van der Waals surface area (Å²) in [6.45, 7) is 2.40. The second kappa shape index (κ2) is 8.38. The first-order chi connectivity index (χ1) is 12.1. The van der Waals surface area contributed by atoms with Gasteiger partial charge in [0.2, 0.25) is 0 Å². The van der Waals surface area contributed by atoms with Gasteiger partial charge >= 0.3 is 0 Å². The van der Waals surface area contributed by atoms with Crippen molar-refractivity contribution >= 4 is 39.5 Å². The first-order valence-electron chi connectivity index (χ1n) is 8.12. The van der Waals surface area contributed by atoms with Crippen molar-refractivity contribution in [1.82, 2.24) is 3.97 Å². The summed E-state index contributed by atoms with van der Waals surface area (Å²) in [4.78, 5) is 0.244. The summed E-state index contributed by atoms with van der Waals surface area (Å²) in [5, 5.41) is 8.12. The molecule has 1 aromatic heterocycles. The summed E-state index contributed by atoms with van der Waals surface area (Å²) >= 11 is 0. The van der Waals surface area contributed by atoms with E-state index in [-0.39, 0.29) is 23.2 Å². The van der Waals surface area contributed by atoms with E-state index >= 15 is 0 Å². The lowest BCUT2D eigenvalue weighted by Gasteiger charge is -2.12. The first-order valence-corrected chi connectivity index (χ1v) is 9.56. The molecular weight excluding hydrogens is 372 g/mol. The summed E-state index contributed by atoms with van der Waals surface area (Å²) in [6.07, 6.45) is 3.75. The van der Waals surface area contributed by atoms with E-state index in [1.54, 1.807) is 54.7 Å². The molecule has 0 saturated heterocycles. The maximum atomic E-state index is 12.9. The largest absolute Gasteiger partial charge is 0.492 e. The van der Waals surface area contributed by atoms with Crippen molar-refractivity contribution in [2.75, 3.05) is 6.61 Å². The number of aromatic nitrogens is 1. The van der Waals surface area contributed by atoms with Gasteiger partial charge in [0.15, 0.2) is 0 Å². The minimum Gasteiger partial charge on any atom is -0.492 e. The Kier molecular flexibility index (Phi) is 6.45. The van der Waals surface area contributed by atoms with Gasteiger partial charge in [-0.3, -0.25) is 0 Å². The highest BCUT2D eigenvalue weighted by atomic mass is 35.5. The van der Waals surface area contributed by atoms with Crippen molar-refractivity contribution in [2.45, 2.75) is 18.2 Å². The number of rotatable bonds is 7. The summed E-state index contributed by atoms with van der Waals surface area (Å²) in [7, 11) is -3.65. The van der Waals surface area contributed by atoms with E-state index in [4.69, 9.17) is 10.1 Å². The Morgan fingerprint density at radius 1 is 1.12 bits per heavy atom. The molecule has 0 aliphatic rings. The smallest absolute Gasteiger partial charge is 0.268 e. The van der Waals surface area contributed by atoms with Crippen LogP contribution in [-0.2, 0) is 10.0 Å². The van der Waals surface area contributed by atoms with Crippen LogP contribution in [0.15, 0.2) is 65.7 Å². The predicted molar refractivity (Wildman–Crippen MR) is 106 cm³/mol. The first kappa shape index (κ1) is 20.0. The van der Waals surface area contributed by atoms with Gasteiger partial charge in [0.05, 0.1) is 17.0 Å². The van der Waals surface area contributed by atoms with Crippen molar-refractivity contribution in [2.24, 2.45) is 5.92 Å². The summed E-state index contributed by atoms with van der Waals surface area (Å²) in [5.41, 5.74) is 0.573. The van der Waals surface area contributed by atoms with Crippen LogP contribution in [0.4, 0.5) is 0 Å². The van der Waals surface area contributed by atoms with Crippen LogP contribution < -0.4 is 4.74 Å². The third-order valence-corrected chi connectivity index (χ3v) is 5.87. The van der Waals surface area contributed by atoms with Gasteiger partial charge in [-0.25, -0.2) is 12.4 Å². The molecule has 0 bridgehead atoms. The van der Waals surface area contributed by atoms with Crippen LogP contribution in [0.1, 0.15) is 13.3 Å². The fourth-order valence-corrected chi connectivity index (χ4v) is 4.00. The Morgan fingerprint density at radius 3 is 2.50 bits per heavy atom. The highest BCUT2D eigenvalue weighted by Gasteiger charge is 2.19. The molecule has 2 aromatic carbocycles. The van der Waals surface area contributed by atoms with Crippen molar-refractivity contribution in [3.05, 3.63) is 60.8 Å². The monoisotopic (exact) mass is 392 g/mol. The zero-order valence-electron chi connectivity index (χ0n) is 14.3. The molecule has 138 valence electrons. The molecule has 1 N–H and O–H groups in total. The van der Waals surface area contributed by atoms with Gasteiger partial charge in [0.25, 0.3) is 10.0 Å². The van der Waals surface area contributed by atoms with E-state index in [2.05, 4.69) is 0 Å². The van der Waals surface area contributed by atoms with Gasteiger partial charge in [-0.2, -0.15) is 0 Å². The molecular formula is C19H21ClN2O3S. The minimum atomic E-state index is -3.65. The van der Waals surface area contributed by atoms with E-state index in [9.17, 15) is 8.42 Å². The lowest BCUT2D eigenvalue weighted by Crippen LogP contribution is -2.13. The van der Waals surface area contributed by atoms with Crippen LogP contribution in [0.25, 0.3) is 10.9 Å². The minimum absolute atomic E-state index is 0. The molecule has 0 amide bonds. The van der Waals surface area contributed by atoms with Gasteiger partial charge in [-0.05, 0) is 36.8 Å². The zero-order chi connectivity index (χ0) is 17.9. The molecule has 7 heteroatoms. The lowest BCUT2D eigenvalue weighted by atomic mass is 10.1. The number of nitrogens with zero attached hydrogens (tertiary/aromatic N) is 1. The highest BCUT2D eigenvalue weighted by molar-refractivity contribution is 7.90. The number of nitrogens with one attached hydrogen (secondary N) is 1. The van der Waals surface area contributed by atoms with Gasteiger partial charge in [-0.1, -0.05) is 31.2 Å². The van der Waals surface area contributed by atoms with Gasteiger partial charge < -0.3 is 10.1 Å². The number of benzene rings is 2. The second-order valence-electron chi connectivity index (χ2n) is 5.76. The Hall–Kier alpha value is -2.31. The summed E-state index contributed by atoms with van der Waals surface area (Å²) in [6, 6.07) is 15.5. The van der Waals surface area contributed by atoms with E-state index in [1.807, 2.05) is 13.0 Å². The topological polar surface area (TPSA) is 72.2 Å². The Morgan fingerprint density at radius 2 is 1.85 bits per heavy atom. The van der Waals surface area contributed by atoms with Crippen molar-refractivity contribution in [3.8, 4) is 5.75 Å². The molecule has 0 aliphatic heterocycles.